The van der Waals surface area contributed by atoms with E-state index in [4.69, 9.17) is 16.8 Å². The number of oxime groups is 1. The molecule has 3 nitrogen and oxygen atoms in total. The molecule has 0 radical (unpaired) electrons. The van der Waals surface area contributed by atoms with Crippen molar-refractivity contribution in [2.24, 2.45) is 5.16 Å². The monoisotopic (exact) mass is 257 g/mol. The van der Waals surface area contributed by atoms with Crippen molar-refractivity contribution >= 4 is 16.8 Å². The molecule has 1 aromatic rings. The highest BCUT2D eigenvalue weighted by Crippen LogP contribution is 2.25. The van der Waals surface area contributed by atoms with Gasteiger partial charge in [-0.3, -0.25) is 0 Å². The number of benzene rings is 1. The zero-order valence-electron chi connectivity index (χ0n) is 7.42. The minimum Gasteiger partial charge on any atom is -0.410 e. The first kappa shape index (κ1) is 12.6. The Hall–Kier alpha value is -1.50. The summed E-state index contributed by atoms with van der Waals surface area (Å²) in [7, 11) is 0. The number of hydrogen-bond acceptors (Lipinski definition) is 3. The van der Waals surface area contributed by atoms with Gasteiger partial charge in [-0.25, -0.2) is 4.39 Å². The van der Waals surface area contributed by atoms with Crippen molar-refractivity contribution in [3.05, 3.63) is 29.6 Å². The van der Waals surface area contributed by atoms with Crippen LogP contribution >= 0.6 is 11.6 Å². The lowest BCUT2D eigenvalue weighted by Crippen LogP contribution is -2.17. The number of ether oxygens (including phenoxy) is 1. The molecule has 0 saturated carbocycles. The molecule has 0 aliphatic heterocycles. The summed E-state index contributed by atoms with van der Waals surface area (Å²) in [6.45, 7) is 0. The van der Waals surface area contributed by atoms with E-state index in [1.807, 2.05) is 0 Å². The molecule has 0 fully saturated rings. The molecule has 0 amide bonds. The fourth-order valence-corrected chi connectivity index (χ4v) is 1.06. The zero-order valence-corrected chi connectivity index (χ0v) is 8.18. The van der Waals surface area contributed by atoms with Crippen molar-refractivity contribution in [1.82, 2.24) is 0 Å². The van der Waals surface area contributed by atoms with E-state index < -0.39 is 28.7 Å². The van der Waals surface area contributed by atoms with Crippen LogP contribution in [0.2, 0.25) is 0 Å². The molecule has 0 saturated heterocycles. The third-order valence-corrected chi connectivity index (χ3v) is 1.76. The van der Waals surface area contributed by atoms with Crippen LogP contribution in [0.1, 0.15) is 5.56 Å². The SMILES string of the molecule is ON=C(Cl)c1cc(OC(F)(F)F)ccc1F. The molecule has 0 spiro atoms. The van der Waals surface area contributed by atoms with Crippen LogP contribution in [0.3, 0.4) is 0 Å². The standard InChI is InChI=1S/C8H4ClF4NO2/c9-7(14-15)5-3-4(1-2-6(5)10)16-8(11,12)13/h1-3,15H. The van der Waals surface area contributed by atoms with Gasteiger partial charge in [0, 0.05) is 0 Å². The molecule has 88 valence electrons. The second-order valence-electron chi connectivity index (χ2n) is 2.58. The van der Waals surface area contributed by atoms with E-state index in [1.165, 1.54) is 0 Å². The lowest BCUT2D eigenvalue weighted by atomic mass is 10.2. The number of alkyl halides is 3. The third kappa shape index (κ3) is 3.27. The Morgan fingerprint density at radius 3 is 2.50 bits per heavy atom. The summed E-state index contributed by atoms with van der Waals surface area (Å²) >= 11 is 5.26. The first-order valence-corrected chi connectivity index (χ1v) is 4.14. The van der Waals surface area contributed by atoms with E-state index in [0.29, 0.717) is 12.1 Å². The second kappa shape index (κ2) is 4.56. The van der Waals surface area contributed by atoms with Gasteiger partial charge in [0.15, 0.2) is 5.17 Å². The van der Waals surface area contributed by atoms with Crippen LogP contribution in [0.25, 0.3) is 0 Å². The number of halogens is 5. The van der Waals surface area contributed by atoms with Gasteiger partial charge in [0.25, 0.3) is 0 Å². The largest absolute Gasteiger partial charge is 0.573 e. The number of rotatable bonds is 2. The highest BCUT2D eigenvalue weighted by molar-refractivity contribution is 6.69. The summed E-state index contributed by atoms with van der Waals surface area (Å²) in [6.07, 6.45) is -4.89. The summed E-state index contributed by atoms with van der Waals surface area (Å²) in [6, 6.07) is 2.16. The third-order valence-electron chi connectivity index (χ3n) is 1.48. The van der Waals surface area contributed by atoms with Crippen LogP contribution in [-0.4, -0.2) is 16.7 Å². The van der Waals surface area contributed by atoms with Gasteiger partial charge in [0.2, 0.25) is 0 Å². The van der Waals surface area contributed by atoms with Crippen LogP contribution < -0.4 is 4.74 Å². The van der Waals surface area contributed by atoms with Gasteiger partial charge in [0.05, 0.1) is 5.56 Å². The number of hydrogen-bond donors (Lipinski definition) is 1. The zero-order chi connectivity index (χ0) is 12.3. The Labute approximate surface area is 91.9 Å². The molecule has 0 aliphatic carbocycles. The van der Waals surface area contributed by atoms with Crippen molar-refractivity contribution in [1.29, 1.82) is 0 Å². The fourth-order valence-electron chi connectivity index (χ4n) is 0.913. The lowest BCUT2D eigenvalue weighted by Gasteiger charge is -2.09. The highest BCUT2D eigenvalue weighted by Gasteiger charge is 2.31. The van der Waals surface area contributed by atoms with Gasteiger partial charge in [-0.15, -0.1) is 13.2 Å². The van der Waals surface area contributed by atoms with E-state index in [9.17, 15) is 17.6 Å². The minimum atomic E-state index is -4.89. The predicted molar refractivity (Wildman–Crippen MR) is 47.3 cm³/mol. The summed E-state index contributed by atoms with van der Waals surface area (Å²) in [4.78, 5) is 0. The maximum absolute atomic E-state index is 13.0. The van der Waals surface area contributed by atoms with E-state index in [1.54, 1.807) is 0 Å². The fraction of sp³-hybridized carbons (Fsp3) is 0.125. The molecule has 1 N–H and O–H groups in total. The van der Waals surface area contributed by atoms with Crippen molar-refractivity contribution in [3.63, 3.8) is 0 Å². The molecular formula is C8H4ClF4NO2. The Balaban J connectivity index is 3.08. The van der Waals surface area contributed by atoms with Crippen LogP contribution in [0.5, 0.6) is 5.75 Å². The summed E-state index contributed by atoms with van der Waals surface area (Å²) < 4.78 is 52.0. The van der Waals surface area contributed by atoms with Gasteiger partial charge in [-0.1, -0.05) is 16.8 Å². The van der Waals surface area contributed by atoms with Gasteiger partial charge < -0.3 is 9.94 Å². The lowest BCUT2D eigenvalue weighted by molar-refractivity contribution is -0.274. The smallest absolute Gasteiger partial charge is 0.410 e. The van der Waals surface area contributed by atoms with E-state index in [-0.39, 0.29) is 0 Å². The molecule has 16 heavy (non-hydrogen) atoms. The Kier molecular flexibility index (Phi) is 3.58. The average molecular weight is 258 g/mol. The summed E-state index contributed by atoms with van der Waals surface area (Å²) in [5.74, 6) is -1.59. The van der Waals surface area contributed by atoms with Crippen molar-refractivity contribution in [2.75, 3.05) is 0 Å². The summed E-state index contributed by atoms with van der Waals surface area (Å²) in [5.41, 5.74) is -0.495. The molecule has 0 unspecified atom stereocenters. The van der Waals surface area contributed by atoms with Crippen LogP contribution in [0.4, 0.5) is 17.6 Å². The molecule has 1 rings (SSSR count). The van der Waals surface area contributed by atoms with Gasteiger partial charge in [-0.05, 0) is 18.2 Å². The van der Waals surface area contributed by atoms with Crippen LogP contribution in [0, 0.1) is 5.82 Å². The maximum atomic E-state index is 13.0. The minimum absolute atomic E-state index is 0.495. The molecule has 0 aromatic heterocycles. The Morgan fingerprint density at radius 1 is 1.38 bits per heavy atom. The topological polar surface area (TPSA) is 41.8 Å². The van der Waals surface area contributed by atoms with Gasteiger partial charge >= 0.3 is 6.36 Å². The Morgan fingerprint density at radius 2 is 2.00 bits per heavy atom. The van der Waals surface area contributed by atoms with Crippen molar-refractivity contribution < 1.29 is 27.5 Å². The molecular weight excluding hydrogens is 254 g/mol. The van der Waals surface area contributed by atoms with E-state index >= 15 is 0 Å². The highest BCUT2D eigenvalue weighted by atomic mass is 35.5. The maximum Gasteiger partial charge on any atom is 0.573 e. The van der Waals surface area contributed by atoms with Crippen LogP contribution in [0.15, 0.2) is 23.4 Å². The molecule has 0 atom stereocenters. The average Bonchev–Trinajstić information content (AvgIpc) is 2.18. The van der Waals surface area contributed by atoms with E-state index in [2.05, 4.69) is 9.89 Å². The molecule has 0 aliphatic rings. The van der Waals surface area contributed by atoms with Crippen molar-refractivity contribution in [3.8, 4) is 5.75 Å². The summed E-state index contributed by atoms with van der Waals surface area (Å²) in [5, 5.41) is 10.0. The first-order chi connectivity index (χ1) is 7.33. The molecule has 8 heteroatoms. The van der Waals surface area contributed by atoms with Crippen LogP contribution in [-0.2, 0) is 0 Å². The molecule has 0 heterocycles. The molecule has 0 bridgehead atoms. The Bertz CT molecular complexity index is 419. The predicted octanol–water partition coefficient (Wildman–Crippen LogP) is 3.10. The van der Waals surface area contributed by atoms with Gasteiger partial charge in [-0.2, -0.15) is 0 Å². The second-order valence-corrected chi connectivity index (χ2v) is 2.94. The number of nitrogens with zero attached hydrogens (tertiary/aromatic N) is 1. The van der Waals surface area contributed by atoms with E-state index in [0.717, 1.165) is 6.07 Å². The normalized spacial score (nSPS) is 12.7. The van der Waals surface area contributed by atoms with Gasteiger partial charge in [0.1, 0.15) is 11.6 Å². The quantitative estimate of drug-likeness (QED) is 0.383. The van der Waals surface area contributed by atoms with Crippen molar-refractivity contribution in [2.45, 2.75) is 6.36 Å². The molecule has 1 aromatic carbocycles. The first-order valence-electron chi connectivity index (χ1n) is 3.76.